The van der Waals surface area contributed by atoms with Crippen molar-refractivity contribution >= 4 is 11.9 Å². The van der Waals surface area contributed by atoms with Crippen molar-refractivity contribution in [2.24, 2.45) is 0 Å². The molecule has 1 aromatic rings. The lowest BCUT2D eigenvalue weighted by Gasteiger charge is -2.37. The van der Waals surface area contributed by atoms with E-state index in [1.165, 1.54) is 6.26 Å². The second-order valence-electron chi connectivity index (χ2n) is 7.03. The maximum absolute atomic E-state index is 12.8. The number of amides is 1. The average Bonchev–Trinajstić information content (AvgIpc) is 3.36. The molecule has 11 heteroatoms. The molecule has 1 amide bonds. The summed E-state index contributed by atoms with van der Waals surface area (Å²) in [4.78, 5) is 26.1. The van der Waals surface area contributed by atoms with Gasteiger partial charge in [-0.25, -0.2) is 4.79 Å². The molecule has 3 saturated heterocycles. The van der Waals surface area contributed by atoms with E-state index < -0.39 is 12.1 Å². The number of ether oxygens (including phenoxy) is 2. The van der Waals surface area contributed by atoms with Gasteiger partial charge >= 0.3 is 12.1 Å². The van der Waals surface area contributed by atoms with Crippen molar-refractivity contribution in [3.05, 3.63) is 24.2 Å². The number of alkyl halides is 3. The first-order valence-electron chi connectivity index (χ1n) is 9.35. The molecule has 0 bridgehead atoms. The lowest BCUT2D eigenvalue weighted by molar-refractivity contribution is -0.192. The molecular weight excluding hydrogens is 397 g/mol. The summed E-state index contributed by atoms with van der Waals surface area (Å²) in [7, 11) is 0. The Morgan fingerprint density at radius 2 is 1.83 bits per heavy atom. The quantitative estimate of drug-likeness (QED) is 0.777. The van der Waals surface area contributed by atoms with Crippen LogP contribution in [0.15, 0.2) is 23.0 Å². The molecule has 8 nitrogen and oxygen atoms in total. The largest absolute Gasteiger partial charge is 0.490 e. The van der Waals surface area contributed by atoms with E-state index in [-0.39, 0.29) is 24.1 Å². The predicted octanol–water partition coefficient (Wildman–Crippen LogP) is 1.62. The lowest BCUT2D eigenvalue weighted by Crippen LogP contribution is -2.51. The van der Waals surface area contributed by atoms with E-state index in [4.69, 9.17) is 23.8 Å². The summed E-state index contributed by atoms with van der Waals surface area (Å²) in [5.41, 5.74) is 0.631. The SMILES string of the molecule is O=C(O)C(F)(F)F.O=C(c1ccoc1)N1C[C@H](N2CCOCC2)[C@@H]2OCCC[C@@H]21. The molecule has 0 saturated carbocycles. The number of fused-ring (bicyclic) bond motifs is 1. The number of furan rings is 1. The summed E-state index contributed by atoms with van der Waals surface area (Å²) in [6, 6.07) is 2.21. The molecule has 1 aromatic heterocycles. The van der Waals surface area contributed by atoms with Crippen LogP contribution in [-0.4, -0.2) is 90.6 Å². The molecule has 3 aliphatic rings. The second kappa shape index (κ2) is 9.14. The van der Waals surface area contributed by atoms with Gasteiger partial charge in [-0.3, -0.25) is 9.69 Å². The van der Waals surface area contributed by atoms with Gasteiger partial charge in [0, 0.05) is 26.2 Å². The first kappa shape index (κ1) is 21.6. The van der Waals surface area contributed by atoms with Crippen molar-refractivity contribution in [2.75, 3.05) is 39.5 Å². The van der Waals surface area contributed by atoms with Crippen LogP contribution in [0.2, 0.25) is 0 Å². The fourth-order valence-electron chi connectivity index (χ4n) is 3.95. The van der Waals surface area contributed by atoms with Gasteiger partial charge in [0.2, 0.25) is 0 Å². The summed E-state index contributed by atoms with van der Waals surface area (Å²) < 4.78 is 48.3. The van der Waals surface area contributed by atoms with Crippen LogP contribution < -0.4 is 0 Å². The molecule has 0 radical (unpaired) electrons. The Labute approximate surface area is 165 Å². The topological polar surface area (TPSA) is 92.4 Å². The highest BCUT2D eigenvalue weighted by Crippen LogP contribution is 2.33. The van der Waals surface area contributed by atoms with Gasteiger partial charge in [0.15, 0.2) is 0 Å². The lowest BCUT2D eigenvalue weighted by atomic mass is 9.99. The molecule has 0 aromatic carbocycles. The number of carboxylic acids is 1. The van der Waals surface area contributed by atoms with Gasteiger partial charge in [-0.05, 0) is 18.9 Å². The van der Waals surface area contributed by atoms with Crippen molar-refractivity contribution in [3.8, 4) is 0 Å². The number of halogens is 3. The molecule has 0 aliphatic carbocycles. The number of hydrogen-bond donors (Lipinski definition) is 1. The summed E-state index contributed by atoms with van der Waals surface area (Å²) >= 11 is 0. The number of likely N-dealkylation sites (tertiary alicyclic amines) is 1. The van der Waals surface area contributed by atoms with Crippen molar-refractivity contribution < 1.29 is 41.8 Å². The summed E-state index contributed by atoms with van der Waals surface area (Å²) in [6.07, 6.45) is 0.171. The van der Waals surface area contributed by atoms with E-state index in [0.717, 1.165) is 52.3 Å². The zero-order valence-electron chi connectivity index (χ0n) is 15.6. The van der Waals surface area contributed by atoms with Crippen LogP contribution in [0.4, 0.5) is 13.2 Å². The van der Waals surface area contributed by atoms with Gasteiger partial charge in [0.25, 0.3) is 5.91 Å². The van der Waals surface area contributed by atoms with Crippen LogP contribution in [0.1, 0.15) is 23.2 Å². The van der Waals surface area contributed by atoms with E-state index in [1.807, 2.05) is 4.90 Å². The highest BCUT2D eigenvalue weighted by molar-refractivity contribution is 5.94. The Bertz CT molecular complexity index is 690. The molecule has 3 fully saturated rings. The number of rotatable bonds is 2. The van der Waals surface area contributed by atoms with Crippen LogP contribution in [0.3, 0.4) is 0 Å². The molecule has 4 heterocycles. The fraction of sp³-hybridized carbons (Fsp3) is 0.667. The highest BCUT2D eigenvalue weighted by Gasteiger charge is 2.48. The number of carbonyl (C=O) groups excluding carboxylic acids is 1. The Hall–Kier alpha value is -2.11. The van der Waals surface area contributed by atoms with Gasteiger partial charge in [0.05, 0.1) is 43.2 Å². The van der Waals surface area contributed by atoms with Gasteiger partial charge in [-0.1, -0.05) is 0 Å². The second-order valence-corrected chi connectivity index (χ2v) is 7.03. The minimum absolute atomic E-state index is 0.0602. The maximum atomic E-state index is 12.8. The van der Waals surface area contributed by atoms with Crippen LogP contribution in [-0.2, 0) is 14.3 Å². The van der Waals surface area contributed by atoms with Crippen molar-refractivity contribution in [1.82, 2.24) is 9.80 Å². The van der Waals surface area contributed by atoms with E-state index in [0.29, 0.717) is 5.56 Å². The molecule has 3 atom stereocenters. The average molecular weight is 420 g/mol. The summed E-state index contributed by atoms with van der Waals surface area (Å²) in [6.45, 7) is 4.91. The third-order valence-corrected chi connectivity index (χ3v) is 5.28. The smallest absolute Gasteiger partial charge is 0.475 e. The predicted molar refractivity (Wildman–Crippen MR) is 92.4 cm³/mol. The summed E-state index contributed by atoms with van der Waals surface area (Å²) in [5, 5.41) is 7.12. The molecule has 1 N–H and O–H groups in total. The number of nitrogens with zero attached hydrogens (tertiary/aromatic N) is 2. The van der Waals surface area contributed by atoms with Crippen LogP contribution in [0, 0.1) is 0 Å². The van der Waals surface area contributed by atoms with E-state index in [1.54, 1.807) is 12.3 Å². The molecule has 162 valence electrons. The normalized spacial score (nSPS) is 27.7. The van der Waals surface area contributed by atoms with Crippen molar-refractivity contribution in [3.63, 3.8) is 0 Å². The van der Waals surface area contributed by atoms with Crippen molar-refractivity contribution in [2.45, 2.75) is 37.2 Å². The van der Waals surface area contributed by atoms with E-state index in [9.17, 15) is 18.0 Å². The van der Waals surface area contributed by atoms with Crippen LogP contribution >= 0.6 is 0 Å². The molecule has 4 rings (SSSR count). The number of hydrogen-bond acceptors (Lipinski definition) is 6. The first-order chi connectivity index (χ1) is 13.8. The van der Waals surface area contributed by atoms with Crippen molar-refractivity contribution in [1.29, 1.82) is 0 Å². The minimum atomic E-state index is -5.08. The molecule has 0 unspecified atom stereocenters. The van der Waals surface area contributed by atoms with Gasteiger partial charge < -0.3 is 23.9 Å². The van der Waals surface area contributed by atoms with Gasteiger partial charge in [0.1, 0.15) is 6.26 Å². The highest BCUT2D eigenvalue weighted by atomic mass is 19.4. The standard InChI is InChI=1S/C16H22N2O4.C2HF3O2/c19-16(12-3-7-21-11-12)18-10-14(17-4-8-20-9-5-17)15-13(18)2-1-6-22-15;3-2(4,5)1(6)7/h3,7,11,13-15H,1-2,4-6,8-10H2;(H,6,7)/t13-,14-,15+;/m0./s1. The first-order valence-corrected chi connectivity index (χ1v) is 9.35. The monoisotopic (exact) mass is 420 g/mol. The molecular formula is C18H23F3N2O6. The fourth-order valence-corrected chi connectivity index (χ4v) is 3.95. The van der Waals surface area contributed by atoms with Gasteiger partial charge in [-0.2, -0.15) is 13.2 Å². The Kier molecular flexibility index (Phi) is 6.81. The Balaban J connectivity index is 0.000000298. The van der Waals surface area contributed by atoms with E-state index in [2.05, 4.69) is 4.90 Å². The zero-order chi connectivity index (χ0) is 21.0. The summed E-state index contributed by atoms with van der Waals surface area (Å²) in [5.74, 6) is -2.70. The number of carbonyl (C=O) groups is 2. The number of aliphatic carboxylic acids is 1. The minimum Gasteiger partial charge on any atom is -0.475 e. The Morgan fingerprint density at radius 3 is 2.41 bits per heavy atom. The third kappa shape index (κ3) is 5.09. The molecule has 29 heavy (non-hydrogen) atoms. The Morgan fingerprint density at radius 1 is 1.14 bits per heavy atom. The third-order valence-electron chi connectivity index (χ3n) is 5.28. The number of morpholine rings is 1. The van der Waals surface area contributed by atoms with Crippen LogP contribution in [0.5, 0.6) is 0 Å². The molecule has 0 spiro atoms. The van der Waals surface area contributed by atoms with E-state index >= 15 is 0 Å². The maximum Gasteiger partial charge on any atom is 0.490 e. The van der Waals surface area contributed by atoms with Crippen LogP contribution in [0.25, 0.3) is 0 Å². The molecule has 3 aliphatic heterocycles. The van der Waals surface area contributed by atoms with Gasteiger partial charge in [-0.15, -0.1) is 0 Å². The number of carboxylic acid groups (broad SMARTS) is 1. The zero-order valence-corrected chi connectivity index (χ0v) is 15.6.